The maximum atomic E-state index is 14.9. The minimum absolute atomic E-state index is 0.0188. The second-order valence-corrected chi connectivity index (χ2v) is 13.8. The number of amides is 1. The molecule has 12 nitrogen and oxygen atoms in total. The van der Waals surface area contributed by atoms with Gasteiger partial charge in [0.25, 0.3) is 0 Å². The van der Waals surface area contributed by atoms with Crippen molar-refractivity contribution >= 4 is 29.1 Å². The summed E-state index contributed by atoms with van der Waals surface area (Å²) < 4.78 is 41.2. The Labute approximate surface area is 304 Å². The fraction of sp³-hybridized carbons (Fsp3) is 0.359. The Morgan fingerprint density at radius 1 is 0.962 bits per heavy atom. The van der Waals surface area contributed by atoms with E-state index in [9.17, 15) is 14.4 Å². The molecule has 2 atom stereocenters. The summed E-state index contributed by atoms with van der Waals surface area (Å²) in [7, 11) is 6.50. The number of nitrogens with one attached hydrogen (secondary N) is 1. The molecule has 1 aromatic heterocycles. The molecule has 0 saturated carbocycles. The minimum atomic E-state index is -1.96. The van der Waals surface area contributed by atoms with E-state index >= 15 is 0 Å². The van der Waals surface area contributed by atoms with Crippen molar-refractivity contribution < 1.29 is 47.2 Å². The van der Waals surface area contributed by atoms with Crippen LogP contribution in [-0.2, 0) is 37.1 Å². The number of methoxy groups -OCH3 is 3. The third kappa shape index (κ3) is 4.95. The molecule has 4 heterocycles. The molecule has 52 heavy (non-hydrogen) atoms. The summed E-state index contributed by atoms with van der Waals surface area (Å²) in [4.78, 5) is 45.5. The molecule has 4 aromatic rings. The normalized spacial score (nSPS) is 19.9. The first-order valence-electron chi connectivity index (χ1n) is 17.0. The van der Waals surface area contributed by atoms with Crippen LogP contribution in [0.4, 0.5) is 0 Å². The monoisotopic (exact) mass is 728 g/mol. The summed E-state index contributed by atoms with van der Waals surface area (Å²) in [5, 5.41) is 3.12. The molecule has 0 bridgehead atoms. The molecule has 4 aliphatic rings. The van der Waals surface area contributed by atoms with Crippen LogP contribution in [0.15, 0.2) is 40.8 Å². The van der Waals surface area contributed by atoms with Gasteiger partial charge in [0.15, 0.2) is 17.2 Å². The number of carbonyl (C=O) groups is 3. The molecular formula is C39H37ClN2O10. The van der Waals surface area contributed by atoms with E-state index < -0.39 is 23.1 Å². The highest BCUT2D eigenvalue weighted by atomic mass is 35.5. The third-order valence-corrected chi connectivity index (χ3v) is 10.9. The highest BCUT2D eigenvalue weighted by molar-refractivity contribution is 6.36. The Bertz CT molecular complexity index is 2160. The quantitative estimate of drug-likeness (QED) is 0.228. The largest absolute Gasteiger partial charge is 0.496 e. The van der Waals surface area contributed by atoms with E-state index in [1.54, 1.807) is 14.0 Å². The number of hydrogen-bond acceptors (Lipinski definition) is 11. The van der Waals surface area contributed by atoms with Gasteiger partial charge in [0.1, 0.15) is 33.6 Å². The van der Waals surface area contributed by atoms with Crippen LogP contribution in [0.1, 0.15) is 55.7 Å². The van der Waals surface area contributed by atoms with Gasteiger partial charge in [-0.1, -0.05) is 48.9 Å². The van der Waals surface area contributed by atoms with Gasteiger partial charge in [0.2, 0.25) is 35.6 Å². The maximum absolute atomic E-state index is 14.9. The van der Waals surface area contributed by atoms with Gasteiger partial charge in [0, 0.05) is 60.3 Å². The fourth-order valence-electron chi connectivity index (χ4n) is 8.02. The number of fused-ring (bicyclic) bond motifs is 4. The molecule has 13 heteroatoms. The van der Waals surface area contributed by atoms with Crippen molar-refractivity contribution in [3.05, 3.63) is 80.6 Å². The van der Waals surface area contributed by atoms with E-state index in [1.807, 2.05) is 37.4 Å². The zero-order valence-corrected chi connectivity index (χ0v) is 30.2. The molecule has 1 spiro atoms. The SMILES string of the molecule is COc1cc(OC)c2c(c1Cl)O[C@@]1(C(=O)c3c(oc(-c4ccccc4)c3CC(=O)NCc3c4c(c(OC)c5c3OCO5)CN(C)CC4)C[C@H]1C)C2=O. The number of benzene rings is 3. The van der Waals surface area contributed by atoms with E-state index in [0.717, 1.165) is 29.7 Å². The number of halogens is 1. The zero-order chi connectivity index (χ0) is 36.5. The first-order valence-corrected chi connectivity index (χ1v) is 17.4. The molecular weight excluding hydrogens is 692 g/mol. The lowest BCUT2D eigenvalue weighted by Crippen LogP contribution is -2.56. The molecule has 0 fully saturated rings. The molecule has 0 unspecified atom stereocenters. The predicted molar refractivity (Wildman–Crippen MR) is 188 cm³/mol. The average Bonchev–Trinajstić information content (AvgIpc) is 3.85. The van der Waals surface area contributed by atoms with Gasteiger partial charge in [-0.15, -0.1) is 0 Å². The molecule has 3 aliphatic heterocycles. The Kier molecular flexibility index (Phi) is 8.34. The summed E-state index contributed by atoms with van der Waals surface area (Å²) in [5.41, 5.74) is 2.18. The van der Waals surface area contributed by atoms with Crippen molar-refractivity contribution in [3.63, 3.8) is 0 Å². The number of ketones is 2. The second kappa shape index (κ2) is 12.8. The molecule has 1 amide bonds. The van der Waals surface area contributed by atoms with Gasteiger partial charge in [-0.05, 0) is 19.0 Å². The van der Waals surface area contributed by atoms with Crippen LogP contribution < -0.4 is 33.7 Å². The lowest BCUT2D eigenvalue weighted by molar-refractivity contribution is -0.120. The van der Waals surface area contributed by atoms with Gasteiger partial charge in [0.05, 0.1) is 33.3 Å². The van der Waals surface area contributed by atoms with Crippen LogP contribution in [-0.4, -0.2) is 69.7 Å². The summed E-state index contributed by atoms with van der Waals surface area (Å²) in [6, 6.07) is 10.8. The number of Topliss-reactive ketones (excluding diaryl/α,β-unsaturated/α-hetero) is 2. The Balaban J connectivity index is 1.17. The van der Waals surface area contributed by atoms with Gasteiger partial charge >= 0.3 is 0 Å². The molecule has 1 N–H and O–H groups in total. The maximum Gasteiger partial charge on any atom is 0.237 e. The van der Waals surface area contributed by atoms with Crippen LogP contribution >= 0.6 is 11.6 Å². The third-order valence-electron chi connectivity index (χ3n) is 10.6. The Morgan fingerprint density at radius 3 is 2.42 bits per heavy atom. The molecule has 0 saturated heterocycles. The first kappa shape index (κ1) is 33.9. The van der Waals surface area contributed by atoms with Gasteiger partial charge in [-0.3, -0.25) is 14.4 Å². The van der Waals surface area contributed by atoms with Crippen molar-refractivity contribution in [2.24, 2.45) is 5.92 Å². The van der Waals surface area contributed by atoms with Crippen molar-refractivity contribution in [3.8, 4) is 45.8 Å². The summed E-state index contributed by atoms with van der Waals surface area (Å²) in [6.45, 7) is 3.46. The Hall–Kier alpha value is -5.20. The number of nitrogens with zero attached hydrogens (tertiary/aromatic N) is 1. The molecule has 1 aliphatic carbocycles. The first-order chi connectivity index (χ1) is 25.1. The van der Waals surface area contributed by atoms with Crippen LogP contribution in [0.2, 0.25) is 5.02 Å². The number of hydrogen-bond donors (Lipinski definition) is 1. The number of furan rings is 1. The van der Waals surface area contributed by atoms with Crippen LogP contribution in [0, 0.1) is 5.92 Å². The van der Waals surface area contributed by atoms with Crippen molar-refractivity contribution in [2.75, 3.05) is 41.7 Å². The van der Waals surface area contributed by atoms with E-state index in [2.05, 4.69) is 10.2 Å². The van der Waals surface area contributed by atoms with Crippen molar-refractivity contribution in [1.29, 1.82) is 0 Å². The van der Waals surface area contributed by atoms with Gasteiger partial charge in [-0.25, -0.2) is 0 Å². The average molecular weight is 729 g/mol. The van der Waals surface area contributed by atoms with Crippen molar-refractivity contribution in [2.45, 2.75) is 44.9 Å². The molecule has 270 valence electrons. The molecule has 8 rings (SSSR count). The van der Waals surface area contributed by atoms with E-state index in [1.165, 1.54) is 20.3 Å². The predicted octanol–water partition coefficient (Wildman–Crippen LogP) is 5.59. The minimum Gasteiger partial charge on any atom is -0.496 e. The molecule has 0 radical (unpaired) electrons. The lowest BCUT2D eigenvalue weighted by Gasteiger charge is -2.35. The number of rotatable bonds is 8. The van der Waals surface area contributed by atoms with Gasteiger partial charge in [-0.2, -0.15) is 0 Å². The number of carbonyl (C=O) groups excluding carboxylic acids is 3. The molecule has 3 aromatic carbocycles. The Morgan fingerprint density at radius 2 is 1.69 bits per heavy atom. The zero-order valence-electron chi connectivity index (χ0n) is 29.4. The second-order valence-electron chi connectivity index (χ2n) is 13.4. The highest BCUT2D eigenvalue weighted by Gasteiger charge is 2.63. The van der Waals surface area contributed by atoms with E-state index in [0.29, 0.717) is 46.4 Å². The van der Waals surface area contributed by atoms with Gasteiger partial charge < -0.3 is 43.1 Å². The number of ether oxygens (including phenoxy) is 6. The van der Waals surface area contributed by atoms with Crippen LogP contribution in [0.3, 0.4) is 0 Å². The fourth-order valence-corrected chi connectivity index (χ4v) is 8.29. The summed E-state index contributed by atoms with van der Waals surface area (Å²) in [6.07, 6.45) is 0.720. The van der Waals surface area contributed by atoms with E-state index in [4.69, 9.17) is 44.4 Å². The summed E-state index contributed by atoms with van der Waals surface area (Å²) in [5.74, 6) is 0.718. The summed E-state index contributed by atoms with van der Waals surface area (Å²) >= 11 is 6.65. The van der Waals surface area contributed by atoms with Crippen LogP contribution in [0.5, 0.6) is 34.5 Å². The van der Waals surface area contributed by atoms with Crippen LogP contribution in [0.25, 0.3) is 11.3 Å². The smallest absolute Gasteiger partial charge is 0.237 e. The number of likely N-dealkylation sites (N-methyl/N-ethyl adjacent to an activating group) is 1. The standard InChI is InChI=1S/C39H37ClN2O10/c1-19-13-26-29(37(44)39(19)38(45)30-25(46-3)15-27(47-4)31(40)35(30)52-39)22(32(51-26)20-9-7-6-8-10-20)14-28(43)41-16-23-21-11-12-42(2)17-24(21)33(48-5)36-34(23)49-18-50-36/h6-10,15,19H,11-14,16-18H2,1-5H3,(H,41,43)/t19-,39+/m1/s1. The lowest BCUT2D eigenvalue weighted by atomic mass is 9.70. The van der Waals surface area contributed by atoms with E-state index in [-0.39, 0.29) is 65.5 Å². The highest BCUT2D eigenvalue weighted by Crippen LogP contribution is 2.55. The topological polar surface area (TPSA) is 135 Å². The van der Waals surface area contributed by atoms with Crippen molar-refractivity contribution in [1.82, 2.24) is 10.2 Å².